The number of benzene rings is 2. The van der Waals surface area contributed by atoms with E-state index in [1.807, 2.05) is 42.1 Å². The monoisotopic (exact) mass is 366 g/mol. The molecule has 1 unspecified atom stereocenters. The quantitative estimate of drug-likeness (QED) is 0.672. The van der Waals surface area contributed by atoms with Crippen LogP contribution in [0.4, 0.5) is 4.39 Å². The minimum Gasteiger partial charge on any atom is -0.375 e. The van der Waals surface area contributed by atoms with Crippen molar-refractivity contribution in [3.8, 4) is 0 Å². The molecule has 0 N–H and O–H groups in total. The molecule has 0 amide bonds. The summed E-state index contributed by atoms with van der Waals surface area (Å²) < 4.78 is 21.1. The summed E-state index contributed by atoms with van der Waals surface area (Å²) in [6.07, 6.45) is 0.898. The number of hydrogen-bond donors (Lipinski definition) is 0. The molecule has 5 nitrogen and oxygen atoms in total. The number of halogens is 1. The zero-order valence-electron chi connectivity index (χ0n) is 15.4. The van der Waals surface area contributed by atoms with Gasteiger partial charge in [-0.1, -0.05) is 47.7 Å². The van der Waals surface area contributed by atoms with E-state index in [-0.39, 0.29) is 11.9 Å². The van der Waals surface area contributed by atoms with E-state index in [4.69, 9.17) is 4.74 Å². The molecule has 2 heterocycles. The van der Waals surface area contributed by atoms with Crippen molar-refractivity contribution in [3.63, 3.8) is 0 Å². The van der Waals surface area contributed by atoms with Gasteiger partial charge in [-0.15, -0.1) is 5.10 Å². The summed E-state index contributed by atoms with van der Waals surface area (Å²) in [5, 5.41) is 8.60. The number of fused-ring (bicyclic) bond motifs is 1. The molecule has 27 heavy (non-hydrogen) atoms. The van der Waals surface area contributed by atoms with Crippen LogP contribution >= 0.6 is 0 Å². The molecule has 0 aliphatic carbocycles. The van der Waals surface area contributed by atoms with Gasteiger partial charge in [0.25, 0.3) is 0 Å². The van der Waals surface area contributed by atoms with Crippen LogP contribution in [-0.4, -0.2) is 33.0 Å². The van der Waals surface area contributed by atoms with Gasteiger partial charge in [-0.25, -0.2) is 4.39 Å². The van der Waals surface area contributed by atoms with Crippen molar-refractivity contribution in [1.29, 1.82) is 0 Å². The first-order valence-corrected chi connectivity index (χ1v) is 9.19. The Bertz CT molecular complexity index is 879. The number of ether oxygens (including phenoxy) is 1. The lowest BCUT2D eigenvalue weighted by Gasteiger charge is -2.34. The first-order valence-electron chi connectivity index (χ1n) is 9.19. The fourth-order valence-electron chi connectivity index (χ4n) is 3.58. The summed E-state index contributed by atoms with van der Waals surface area (Å²) in [6, 6.07) is 16.9. The molecule has 2 aromatic carbocycles. The lowest BCUT2D eigenvalue weighted by atomic mass is 10.0. The van der Waals surface area contributed by atoms with Crippen LogP contribution in [0.15, 0.2) is 54.6 Å². The Kier molecular flexibility index (Phi) is 5.27. The van der Waals surface area contributed by atoms with Gasteiger partial charge < -0.3 is 4.74 Å². The molecule has 4 rings (SSSR count). The molecule has 1 atom stereocenters. The van der Waals surface area contributed by atoms with Crippen molar-refractivity contribution in [2.24, 2.45) is 7.05 Å². The summed E-state index contributed by atoms with van der Waals surface area (Å²) in [6.45, 7) is 2.74. The number of aryl methyl sites for hydroxylation is 1. The second kappa shape index (κ2) is 7.98. The maximum Gasteiger partial charge on any atom is 0.123 e. The van der Waals surface area contributed by atoms with E-state index in [2.05, 4.69) is 27.3 Å². The molecule has 1 aromatic heterocycles. The van der Waals surface area contributed by atoms with Crippen LogP contribution in [0.25, 0.3) is 0 Å². The highest BCUT2D eigenvalue weighted by Gasteiger charge is 2.31. The van der Waals surface area contributed by atoms with Gasteiger partial charge in [0.1, 0.15) is 11.5 Å². The molecule has 1 aliphatic heterocycles. The molecule has 0 bridgehead atoms. The van der Waals surface area contributed by atoms with E-state index in [0.717, 1.165) is 36.3 Å². The van der Waals surface area contributed by atoms with Crippen molar-refractivity contribution in [2.45, 2.75) is 25.6 Å². The Morgan fingerprint density at radius 1 is 1.07 bits per heavy atom. The lowest BCUT2D eigenvalue weighted by molar-refractivity contribution is 0.0389. The summed E-state index contributed by atoms with van der Waals surface area (Å²) in [5.74, 6) is -0.212. The van der Waals surface area contributed by atoms with E-state index < -0.39 is 0 Å². The van der Waals surface area contributed by atoms with E-state index >= 15 is 0 Å². The molecule has 0 radical (unpaired) electrons. The Hall–Kier alpha value is -2.57. The molecule has 0 spiro atoms. The maximum atomic E-state index is 13.2. The number of rotatable bonds is 6. The van der Waals surface area contributed by atoms with Crippen molar-refractivity contribution < 1.29 is 9.13 Å². The topological polar surface area (TPSA) is 43.2 Å². The van der Waals surface area contributed by atoms with Crippen LogP contribution in [0, 0.1) is 5.82 Å². The van der Waals surface area contributed by atoms with Gasteiger partial charge >= 0.3 is 0 Å². The van der Waals surface area contributed by atoms with E-state index in [1.165, 1.54) is 17.8 Å². The third-order valence-corrected chi connectivity index (χ3v) is 5.05. The lowest BCUT2D eigenvalue weighted by Crippen LogP contribution is -2.38. The molecule has 1 aliphatic rings. The molecule has 0 saturated heterocycles. The highest BCUT2D eigenvalue weighted by atomic mass is 19.1. The van der Waals surface area contributed by atoms with E-state index in [9.17, 15) is 4.39 Å². The SMILES string of the molecule is Cn1nnc2c1CCN(Cc1ccc(F)cc1)C2COCc1ccccc1. The van der Waals surface area contributed by atoms with Gasteiger partial charge in [0.05, 0.1) is 24.9 Å². The summed E-state index contributed by atoms with van der Waals surface area (Å²) in [4.78, 5) is 2.34. The molecule has 6 heteroatoms. The van der Waals surface area contributed by atoms with Crippen LogP contribution in [0.1, 0.15) is 28.6 Å². The third-order valence-electron chi connectivity index (χ3n) is 5.05. The molecule has 3 aromatic rings. The largest absolute Gasteiger partial charge is 0.375 e. The smallest absolute Gasteiger partial charge is 0.123 e. The number of aromatic nitrogens is 3. The number of nitrogens with zero attached hydrogens (tertiary/aromatic N) is 4. The third kappa shape index (κ3) is 4.07. The summed E-state index contributed by atoms with van der Waals surface area (Å²) in [5.41, 5.74) is 4.38. The van der Waals surface area contributed by atoms with Gasteiger partial charge in [0, 0.05) is 26.6 Å². The van der Waals surface area contributed by atoms with Crippen LogP contribution < -0.4 is 0 Å². The average molecular weight is 366 g/mol. The first kappa shape index (κ1) is 17.8. The predicted molar refractivity (Wildman–Crippen MR) is 100 cm³/mol. The minimum atomic E-state index is -0.212. The predicted octanol–water partition coefficient (Wildman–Crippen LogP) is 3.27. The van der Waals surface area contributed by atoms with Gasteiger partial charge in [-0.05, 0) is 23.3 Å². The standard InChI is InChI=1S/C21H23FN4O/c1-25-19-11-12-26(13-16-7-9-18(22)10-8-16)20(21(19)23-24-25)15-27-14-17-5-3-2-4-6-17/h2-10,20H,11-15H2,1H3. The zero-order valence-corrected chi connectivity index (χ0v) is 15.4. The van der Waals surface area contributed by atoms with E-state index in [0.29, 0.717) is 13.2 Å². The molecule has 0 fully saturated rings. The summed E-state index contributed by atoms with van der Waals surface area (Å²) >= 11 is 0. The van der Waals surface area contributed by atoms with Gasteiger partial charge in [-0.2, -0.15) is 0 Å². The van der Waals surface area contributed by atoms with Crippen LogP contribution in [-0.2, 0) is 31.4 Å². The maximum absolute atomic E-state index is 13.2. The fourth-order valence-corrected chi connectivity index (χ4v) is 3.58. The number of hydrogen-bond acceptors (Lipinski definition) is 4. The Balaban J connectivity index is 1.49. The molecular formula is C21H23FN4O. The van der Waals surface area contributed by atoms with Crippen LogP contribution in [0.5, 0.6) is 0 Å². The Labute approximate surface area is 158 Å². The van der Waals surface area contributed by atoms with Crippen molar-refractivity contribution >= 4 is 0 Å². The van der Waals surface area contributed by atoms with Crippen molar-refractivity contribution in [1.82, 2.24) is 19.9 Å². The normalized spacial score (nSPS) is 17.0. The van der Waals surface area contributed by atoms with Gasteiger partial charge in [0.15, 0.2) is 0 Å². The minimum absolute atomic E-state index is 0.0382. The van der Waals surface area contributed by atoms with Gasteiger partial charge in [-0.3, -0.25) is 9.58 Å². The zero-order chi connectivity index (χ0) is 18.6. The second-order valence-corrected chi connectivity index (χ2v) is 6.91. The highest BCUT2D eigenvalue weighted by Crippen LogP contribution is 2.29. The first-order chi connectivity index (χ1) is 13.2. The van der Waals surface area contributed by atoms with Crippen molar-refractivity contribution in [2.75, 3.05) is 13.2 Å². The van der Waals surface area contributed by atoms with Crippen LogP contribution in [0.2, 0.25) is 0 Å². The van der Waals surface area contributed by atoms with Crippen molar-refractivity contribution in [3.05, 3.63) is 82.9 Å². The summed E-state index contributed by atoms with van der Waals surface area (Å²) in [7, 11) is 1.93. The van der Waals surface area contributed by atoms with E-state index in [1.54, 1.807) is 0 Å². The Morgan fingerprint density at radius 3 is 2.63 bits per heavy atom. The average Bonchev–Trinajstić information content (AvgIpc) is 3.07. The van der Waals surface area contributed by atoms with Crippen LogP contribution in [0.3, 0.4) is 0 Å². The second-order valence-electron chi connectivity index (χ2n) is 6.91. The fraction of sp³-hybridized carbons (Fsp3) is 0.333. The highest BCUT2D eigenvalue weighted by molar-refractivity contribution is 5.21. The van der Waals surface area contributed by atoms with Gasteiger partial charge in [0.2, 0.25) is 0 Å². The molecule has 140 valence electrons. The molecule has 0 saturated carbocycles. The molecular weight excluding hydrogens is 343 g/mol. The Morgan fingerprint density at radius 2 is 1.85 bits per heavy atom.